The minimum Gasteiger partial charge on any atom is -0.392 e. The third kappa shape index (κ3) is 2.70. The molecule has 1 saturated carbocycles. The molecule has 0 radical (unpaired) electrons. The van der Waals surface area contributed by atoms with Gasteiger partial charge in [-0.15, -0.1) is 0 Å². The van der Waals surface area contributed by atoms with Gasteiger partial charge >= 0.3 is 0 Å². The summed E-state index contributed by atoms with van der Waals surface area (Å²) in [5, 5.41) is 12.9. The summed E-state index contributed by atoms with van der Waals surface area (Å²) in [5.74, 6) is 0.675. The number of benzene rings is 2. The minimum absolute atomic E-state index is 0.0944. The van der Waals surface area contributed by atoms with Gasteiger partial charge in [-0.3, -0.25) is 0 Å². The Hall–Kier alpha value is -1.80. The Morgan fingerprint density at radius 2 is 1.90 bits per heavy atom. The molecule has 20 heavy (non-hydrogen) atoms. The number of aliphatic hydroxyl groups excluding tert-OH is 1. The molecule has 1 aliphatic carbocycles. The highest BCUT2D eigenvalue weighted by atomic mass is 16.3. The second kappa shape index (κ2) is 5.68. The van der Waals surface area contributed by atoms with Crippen molar-refractivity contribution < 1.29 is 5.11 Å². The molecule has 2 N–H and O–H groups in total. The third-order valence-corrected chi connectivity index (χ3v) is 4.20. The molecule has 0 bridgehead atoms. The molecule has 1 aliphatic rings. The first-order chi connectivity index (χ1) is 9.76. The van der Waals surface area contributed by atoms with Crippen LogP contribution in [0.4, 0.5) is 5.69 Å². The van der Waals surface area contributed by atoms with Gasteiger partial charge in [-0.25, -0.2) is 0 Å². The van der Waals surface area contributed by atoms with E-state index < -0.39 is 0 Å². The lowest BCUT2D eigenvalue weighted by molar-refractivity contribution is 0.282. The first-order valence-corrected chi connectivity index (χ1v) is 7.28. The lowest BCUT2D eigenvalue weighted by Gasteiger charge is -2.37. The molecule has 2 aromatic carbocycles. The van der Waals surface area contributed by atoms with Crippen molar-refractivity contribution in [2.75, 3.05) is 5.32 Å². The maximum Gasteiger partial charge on any atom is 0.0701 e. The Morgan fingerprint density at radius 3 is 2.65 bits per heavy atom. The van der Waals surface area contributed by atoms with Crippen LogP contribution in [0.15, 0.2) is 48.5 Å². The topological polar surface area (TPSA) is 32.3 Å². The highest BCUT2D eigenvalue weighted by molar-refractivity contribution is 5.52. The van der Waals surface area contributed by atoms with E-state index in [-0.39, 0.29) is 6.61 Å². The van der Waals surface area contributed by atoms with Crippen LogP contribution in [-0.2, 0) is 6.61 Å². The lowest BCUT2D eigenvalue weighted by Crippen LogP contribution is -2.34. The Bertz CT molecular complexity index is 587. The summed E-state index contributed by atoms with van der Waals surface area (Å²) >= 11 is 0. The molecule has 0 spiro atoms. The standard InChI is InChI=1S/C18H21NO/c1-13-5-4-7-14(9-13)16-10-17(11-16)19-18-8-3-2-6-15(18)12-20/h2-9,16-17,19-20H,10-12H2,1H3. The van der Waals surface area contributed by atoms with Crippen molar-refractivity contribution in [3.63, 3.8) is 0 Å². The number of rotatable bonds is 4. The Labute approximate surface area is 120 Å². The summed E-state index contributed by atoms with van der Waals surface area (Å²) in [4.78, 5) is 0. The number of nitrogens with one attached hydrogen (secondary N) is 1. The normalized spacial score (nSPS) is 21.3. The highest BCUT2D eigenvalue weighted by Gasteiger charge is 2.30. The Morgan fingerprint density at radius 1 is 1.10 bits per heavy atom. The summed E-state index contributed by atoms with van der Waals surface area (Å²) in [6, 6.07) is 17.3. The van der Waals surface area contributed by atoms with Gasteiger partial charge in [0.2, 0.25) is 0 Å². The molecule has 0 atom stereocenters. The van der Waals surface area contributed by atoms with Crippen molar-refractivity contribution in [2.24, 2.45) is 0 Å². The van der Waals surface area contributed by atoms with Crippen molar-refractivity contribution in [1.29, 1.82) is 0 Å². The van der Waals surface area contributed by atoms with Crippen LogP contribution in [0.2, 0.25) is 0 Å². The van der Waals surface area contributed by atoms with E-state index in [0.29, 0.717) is 12.0 Å². The van der Waals surface area contributed by atoms with Crippen LogP contribution in [0.25, 0.3) is 0 Å². The average molecular weight is 267 g/mol. The van der Waals surface area contributed by atoms with Crippen molar-refractivity contribution in [2.45, 2.75) is 38.3 Å². The highest BCUT2D eigenvalue weighted by Crippen LogP contribution is 2.39. The van der Waals surface area contributed by atoms with Gasteiger partial charge in [-0.1, -0.05) is 48.0 Å². The van der Waals surface area contributed by atoms with E-state index in [0.717, 1.165) is 11.3 Å². The molecular formula is C18H21NO. The average Bonchev–Trinajstić information content (AvgIpc) is 2.42. The van der Waals surface area contributed by atoms with Gasteiger partial charge in [0.1, 0.15) is 0 Å². The molecule has 2 heteroatoms. The summed E-state index contributed by atoms with van der Waals surface area (Å²) in [5.41, 5.74) is 4.84. The quantitative estimate of drug-likeness (QED) is 0.882. The van der Waals surface area contributed by atoms with Gasteiger partial charge in [0, 0.05) is 17.3 Å². The number of aliphatic hydroxyl groups is 1. The van der Waals surface area contributed by atoms with E-state index in [1.807, 2.05) is 24.3 Å². The zero-order chi connectivity index (χ0) is 13.9. The summed E-state index contributed by atoms with van der Waals surface area (Å²) in [6.45, 7) is 2.24. The van der Waals surface area contributed by atoms with Crippen LogP contribution in [0.1, 0.15) is 35.4 Å². The van der Waals surface area contributed by atoms with Crippen LogP contribution < -0.4 is 5.32 Å². The molecule has 1 fully saturated rings. The van der Waals surface area contributed by atoms with Crippen LogP contribution in [0.3, 0.4) is 0 Å². The molecule has 0 aliphatic heterocycles. The third-order valence-electron chi connectivity index (χ3n) is 4.20. The predicted molar refractivity (Wildman–Crippen MR) is 82.9 cm³/mol. The second-order valence-electron chi connectivity index (χ2n) is 5.74. The van der Waals surface area contributed by atoms with Gasteiger partial charge in [-0.2, -0.15) is 0 Å². The van der Waals surface area contributed by atoms with Crippen molar-refractivity contribution in [3.8, 4) is 0 Å². The number of anilines is 1. The van der Waals surface area contributed by atoms with Gasteiger partial charge in [0.15, 0.2) is 0 Å². The fraction of sp³-hybridized carbons (Fsp3) is 0.333. The number of hydrogen-bond acceptors (Lipinski definition) is 2. The molecule has 0 heterocycles. The number of hydrogen-bond donors (Lipinski definition) is 2. The smallest absolute Gasteiger partial charge is 0.0701 e. The van der Waals surface area contributed by atoms with Crippen molar-refractivity contribution in [3.05, 3.63) is 65.2 Å². The molecule has 0 aromatic heterocycles. The van der Waals surface area contributed by atoms with Crippen LogP contribution in [0.5, 0.6) is 0 Å². The first-order valence-electron chi connectivity index (χ1n) is 7.28. The molecule has 104 valence electrons. The van der Waals surface area contributed by atoms with E-state index in [2.05, 4.69) is 36.5 Å². The lowest BCUT2D eigenvalue weighted by atomic mass is 9.75. The van der Waals surface area contributed by atoms with E-state index in [9.17, 15) is 5.11 Å². The van der Waals surface area contributed by atoms with Gasteiger partial charge < -0.3 is 10.4 Å². The minimum atomic E-state index is 0.0944. The maximum absolute atomic E-state index is 9.34. The zero-order valence-corrected chi connectivity index (χ0v) is 11.8. The molecule has 0 amide bonds. The monoisotopic (exact) mass is 267 g/mol. The predicted octanol–water partition coefficient (Wildman–Crippen LogP) is 3.85. The van der Waals surface area contributed by atoms with Crippen LogP contribution in [0, 0.1) is 6.92 Å². The molecule has 0 saturated heterocycles. The van der Waals surface area contributed by atoms with Crippen LogP contribution in [-0.4, -0.2) is 11.1 Å². The van der Waals surface area contributed by atoms with Gasteiger partial charge in [0.25, 0.3) is 0 Å². The SMILES string of the molecule is Cc1cccc(C2CC(Nc3ccccc3CO)C2)c1. The fourth-order valence-electron chi connectivity index (χ4n) is 2.95. The van der Waals surface area contributed by atoms with E-state index >= 15 is 0 Å². The molecule has 2 nitrogen and oxygen atoms in total. The van der Waals surface area contributed by atoms with Gasteiger partial charge in [0.05, 0.1) is 6.61 Å². The summed E-state index contributed by atoms with van der Waals surface area (Å²) < 4.78 is 0. The molecule has 3 rings (SSSR count). The van der Waals surface area contributed by atoms with E-state index in [4.69, 9.17) is 0 Å². The Kier molecular flexibility index (Phi) is 3.75. The van der Waals surface area contributed by atoms with Crippen molar-refractivity contribution in [1.82, 2.24) is 0 Å². The zero-order valence-electron chi connectivity index (χ0n) is 11.8. The molecular weight excluding hydrogens is 246 g/mol. The first kappa shape index (κ1) is 13.2. The van der Waals surface area contributed by atoms with E-state index in [1.54, 1.807) is 0 Å². The number of aryl methyl sites for hydroxylation is 1. The summed E-state index contributed by atoms with van der Waals surface area (Å²) in [6.07, 6.45) is 2.34. The molecule has 2 aromatic rings. The van der Waals surface area contributed by atoms with E-state index in [1.165, 1.54) is 24.0 Å². The van der Waals surface area contributed by atoms with Crippen LogP contribution >= 0.6 is 0 Å². The molecule has 0 unspecified atom stereocenters. The van der Waals surface area contributed by atoms with Gasteiger partial charge in [-0.05, 0) is 37.3 Å². The summed E-state index contributed by atoms with van der Waals surface area (Å²) in [7, 11) is 0. The van der Waals surface area contributed by atoms with Crippen molar-refractivity contribution >= 4 is 5.69 Å². The fourth-order valence-corrected chi connectivity index (χ4v) is 2.95. The second-order valence-corrected chi connectivity index (χ2v) is 5.74. The largest absolute Gasteiger partial charge is 0.392 e. The Balaban J connectivity index is 1.61. The number of para-hydroxylation sites is 1. The maximum atomic E-state index is 9.34.